The molecule has 0 spiro atoms. The highest BCUT2D eigenvalue weighted by molar-refractivity contribution is 5.76. The quantitative estimate of drug-likeness (QED) is 0.303. The van der Waals surface area contributed by atoms with Crippen LogP contribution < -0.4 is 0 Å². The number of hydrogen-bond donors (Lipinski definition) is 0. The SMILES string of the molecule is CCCC(C)CCCCCCCCCCCCC(=O)N1CCCC1. The molecule has 1 atom stereocenters. The second kappa shape index (κ2) is 14.8. The van der Waals surface area contributed by atoms with E-state index in [1.807, 2.05) is 0 Å². The summed E-state index contributed by atoms with van der Waals surface area (Å²) in [5.74, 6) is 1.34. The zero-order valence-electron chi connectivity index (χ0n) is 16.7. The van der Waals surface area contributed by atoms with E-state index in [9.17, 15) is 4.79 Å². The van der Waals surface area contributed by atoms with Gasteiger partial charge in [-0.05, 0) is 25.2 Å². The molecule has 1 fully saturated rings. The highest BCUT2D eigenvalue weighted by Crippen LogP contribution is 2.17. The summed E-state index contributed by atoms with van der Waals surface area (Å²) in [4.78, 5) is 14.0. The van der Waals surface area contributed by atoms with Gasteiger partial charge in [0, 0.05) is 19.5 Å². The number of carbonyl (C=O) groups is 1. The Morgan fingerprint density at radius 2 is 1.29 bits per heavy atom. The molecule has 0 aromatic heterocycles. The largest absolute Gasteiger partial charge is 0.343 e. The van der Waals surface area contributed by atoms with Gasteiger partial charge in [-0.1, -0.05) is 90.9 Å². The van der Waals surface area contributed by atoms with Gasteiger partial charge in [-0.15, -0.1) is 0 Å². The Morgan fingerprint density at radius 3 is 1.83 bits per heavy atom. The van der Waals surface area contributed by atoms with Crippen LogP contribution in [-0.4, -0.2) is 23.9 Å². The molecule has 142 valence electrons. The van der Waals surface area contributed by atoms with Crippen LogP contribution in [0.25, 0.3) is 0 Å². The third-order valence-electron chi connectivity index (χ3n) is 5.58. The molecule has 0 bridgehead atoms. The predicted molar refractivity (Wildman–Crippen MR) is 105 cm³/mol. The van der Waals surface area contributed by atoms with Crippen molar-refractivity contribution < 1.29 is 4.79 Å². The van der Waals surface area contributed by atoms with E-state index in [4.69, 9.17) is 0 Å². The molecule has 0 saturated carbocycles. The molecule has 0 aromatic carbocycles. The van der Waals surface area contributed by atoms with Gasteiger partial charge in [0.2, 0.25) is 5.91 Å². The van der Waals surface area contributed by atoms with E-state index in [0.29, 0.717) is 5.91 Å². The molecule has 1 saturated heterocycles. The lowest BCUT2D eigenvalue weighted by atomic mass is 9.98. The van der Waals surface area contributed by atoms with E-state index in [2.05, 4.69) is 18.7 Å². The summed E-state index contributed by atoms with van der Waals surface area (Å²) in [6.45, 7) is 6.72. The third kappa shape index (κ3) is 11.1. The van der Waals surface area contributed by atoms with Crippen molar-refractivity contribution in [1.29, 1.82) is 0 Å². The smallest absolute Gasteiger partial charge is 0.222 e. The highest BCUT2D eigenvalue weighted by atomic mass is 16.2. The fourth-order valence-corrected chi connectivity index (χ4v) is 3.95. The number of hydrogen-bond acceptors (Lipinski definition) is 1. The van der Waals surface area contributed by atoms with Crippen molar-refractivity contribution in [3.63, 3.8) is 0 Å². The number of amides is 1. The fraction of sp³-hybridized carbons (Fsp3) is 0.955. The Morgan fingerprint density at radius 1 is 0.792 bits per heavy atom. The molecule has 0 N–H and O–H groups in total. The normalized spacial score (nSPS) is 15.8. The van der Waals surface area contributed by atoms with Gasteiger partial charge in [0.15, 0.2) is 0 Å². The Labute approximate surface area is 151 Å². The summed E-state index contributed by atoms with van der Waals surface area (Å²) in [6, 6.07) is 0. The molecule has 1 unspecified atom stereocenters. The summed E-state index contributed by atoms with van der Waals surface area (Å²) in [5.41, 5.74) is 0. The molecule has 1 heterocycles. The first-order valence-electron chi connectivity index (χ1n) is 11.0. The van der Waals surface area contributed by atoms with Gasteiger partial charge in [-0.3, -0.25) is 4.79 Å². The molecule has 0 radical (unpaired) electrons. The Hall–Kier alpha value is -0.530. The standard InChI is InChI=1S/C22H43NO/c1-3-16-21(2)17-12-10-8-6-4-5-7-9-11-13-18-22(24)23-19-14-15-20-23/h21H,3-20H2,1-2H3. The van der Waals surface area contributed by atoms with Crippen molar-refractivity contribution in [1.82, 2.24) is 4.90 Å². The second-order valence-electron chi connectivity index (χ2n) is 8.06. The van der Waals surface area contributed by atoms with Gasteiger partial charge in [-0.2, -0.15) is 0 Å². The summed E-state index contributed by atoms with van der Waals surface area (Å²) >= 11 is 0. The van der Waals surface area contributed by atoms with Crippen molar-refractivity contribution in [2.45, 2.75) is 117 Å². The summed E-state index contributed by atoms with van der Waals surface area (Å²) in [5, 5.41) is 0. The summed E-state index contributed by atoms with van der Waals surface area (Å²) in [6.07, 6.45) is 21.0. The first-order chi connectivity index (χ1) is 11.7. The van der Waals surface area contributed by atoms with Crippen LogP contribution in [0, 0.1) is 5.92 Å². The molecular weight excluding hydrogens is 294 g/mol. The monoisotopic (exact) mass is 337 g/mol. The van der Waals surface area contributed by atoms with E-state index in [-0.39, 0.29) is 0 Å². The van der Waals surface area contributed by atoms with Crippen molar-refractivity contribution in [3.05, 3.63) is 0 Å². The van der Waals surface area contributed by atoms with E-state index in [0.717, 1.165) is 31.8 Å². The maximum absolute atomic E-state index is 11.9. The van der Waals surface area contributed by atoms with E-state index < -0.39 is 0 Å². The summed E-state index contributed by atoms with van der Waals surface area (Å²) in [7, 11) is 0. The Balaban J connectivity index is 1.75. The number of carbonyl (C=O) groups excluding carboxylic acids is 1. The zero-order chi connectivity index (χ0) is 17.5. The van der Waals surface area contributed by atoms with Gasteiger partial charge < -0.3 is 4.90 Å². The van der Waals surface area contributed by atoms with E-state index >= 15 is 0 Å². The zero-order valence-corrected chi connectivity index (χ0v) is 16.7. The minimum Gasteiger partial charge on any atom is -0.343 e. The van der Waals surface area contributed by atoms with Crippen LogP contribution in [0.1, 0.15) is 117 Å². The van der Waals surface area contributed by atoms with Gasteiger partial charge in [-0.25, -0.2) is 0 Å². The minimum atomic E-state index is 0.403. The highest BCUT2D eigenvalue weighted by Gasteiger charge is 2.16. The number of nitrogens with zero attached hydrogens (tertiary/aromatic N) is 1. The van der Waals surface area contributed by atoms with Crippen LogP contribution in [0.2, 0.25) is 0 Å². The molecule has 1 rings (SSSR count). The van der Waals surface area contributed by atoms with Crippen LogP contribution in [0.4, 0.5) is 0 Å². The van der Waals surface area contributed by atoms with Crippen LogP contribution in [0.5, 0.6) is 0 Å². The number of likely N-dealkylation sites (tertiary alicyclic amines) is 1. The van der Waals surface area contributed by atoms with Gasteiger partial charge in [0.05, 0.1) is 0 Å². The molecule has 0 aromatic rings. The lowest BCUT2D eigenvalue weighted by Crippen LogP contribution is -2.27. The van der Waals surface area contributed by atoms with Crippen molar-refractivity contribution >= 4 is 5.91 Å². The van der Waals surface area contributed by atoms with Crippen LogP contribution in [0.15, 0.2) is 0 Å². The molecule has 1 aliphatic heterocycles. The van der Waals surface area contributed by atoms with E-state index in [1.54, 1.807) is 0 Å². The topological polar surface area (TPSA) is 20.3 Å². The molecular formula is C22H43NO. The molecule has 1 aliphatic rings. The Kier molecular flexibility index (Phi) is 13.3. The van der Waals surface area contributed by atoms with Gasteiger partial charge in [0.25, 0.3) is 0 Å². The molecule has 0 aliphatic carbocycles. The van der Waals surface area contributed by atoms with Crippen molar-refractivity contribution in [2.75, 3.05) is 13.1 Å². The van der Waals surface area contributed by atoms with Crippen molar-refractivity contribution in [2.24, 2.45) is 5.92 Å². The second-order valence-corrected chi connectivity index (χ2v) is 8.06. The average Bonchev–Trinajstić information content (AvgIpc) is 3.10. The van der Waals surface area contributed by atoms with E-state index in [1.165, 1.54) is 89.9 Å². The van der Waals surface area contributed by atoms with Crippen LogP contribution in [-0.2, 0) is 4.79 Å². The van der Waals surface area contributed by atoms with Gasteiger partial charge in [0.1, 0.15) is 0 Å². The molecule has 2 heteroatoms. The van der Waals surface area contributed by atoms with Crippen LogP contribution in [0.3, 0.4) is 0 Å². The average molecular weight is 338 g/mol. The minimum absolute atomic E-state index is 0.403. The maximum Gasteiger partial charge on any atom is 0.222 e. The van der Waals surface area contributed by atoms with Crippen LogP contribution >= 0.6 is 0 Å². The predicted octanol–water partition coefficient (Wildman–Crippen LogP) is 6.73. The Bertz CT molecular complexity index is 296. The summed E-state index contributed by atoms with van der Waals surface area (Å²) < 4.78 is 0. The lowest BCUT2D eigenvalue weighted by molar-refractivity contribution is -0.130. The molecule has 1 amide bonds. The number of unbranched alkanes of at least 4 members (excludes halogenated alkanes) is 9. The third-order valence-corrected chi connectivity index (χ3v) is 5.58. The van der Waals surface area contributed by atoms with Gasteiger partial charge >= 0.3 is 0 Å². The first kappa shape index (κ1) is 21.5. The molecule has 24 heavy (non-hydrogen) atoms. The fourth-order valence-electron chi connectivity index (χ4n) is 3.95. The lowest BCUT2D eigenvalue weighted by Gasteiger charge is -2.14. The number of rotatable bonds is 15. The molecule has 2 nitrogen and oxygen atoms in total. The maximum atomic E-state index is 11.9. The van der Waals surface area contributed by atoms with Crippen molar-refractivity contribution in [3.8, 4) is 0 Å². The first-order valence-corrected chi connectivity index (χ1v) is 11.0.